The molecule has 0 radical (unpaired) electrons. The Bertz CT molecular complexity index is 753. The number of carboxylic acids is 1. The first-order valence-corrected chi connectivity index (χ1v) is 7.72. The van der Waals surface area contributed by atoms with Crippen molar-refractivity contribution in [2.45, 2.75) is 12.8 Å². The van der Waals surface area contributed by atoms with Gasteiger partial charge in [0.2, 0.25) is 0 Å². The molecule has 2 aromatic carbocycles. The first-order valence-electron chi connectivity index (χ1n) is 7.72. The van der Waals surface area contributed by atoms with E-state index >= 15 is 0 Å². The number of ether oxygens (including phenoxy) is 3. The van der Waals surface area contributed by atoms with E-state index in [1.54, 1.807) is 44.6 Å². The van der Waals surface area contributed by atoms with Crippen LogP contribution < -0.4 is 14.2 Å². The molecule has 2 rings (SSSR count). The number of rotatable bonds is 9. The summed E-state index contributed by atoms with van der Waals surface area (Å²) in [4.78, 5) is 22.9. The third-order valence-corrected chi connectivity index (χ3v) is 3.61. The van der Waals surface area contributed by atoms with Crippen LogP contribution in [-0.4, -0.2) is 37.7 Å². The van der Waals surface area contributed by atoms with Crippen LogP contribution in [0.5, 0.6) is 17.2 Å². The molecule has 0 atom stereocenters. The maximum absolute atomic E-state index is 12.4. The van der Waals surface area contributed by atoms with E-state index < -0.39 is 12.6 Å². The maximum atomic E-state index is 12.4. The predicted molar refractivity (Wildman–Crippen MR) is 91.8 cm³/mol. The SMILES string of the molecule is COc1ccc(CCC(=O)c2cccc(OCC(=O)O)c2)cc1OC. The van der Waals surface area contributed by atoms with Crippen molar-refractivity contribution in [2.24, 2.45) is 0 Å². The molecule has 0 saturated heterocycles. The second kappa shape index (κ2) is 8.73. The minimum atomic E-state index is -1.06. The van der Waals surface area contributed by atoms with Crippen molar-refractivity contribution in [2.75, 3.05) is 20.8 Å². The Kier molecular flexibility index (Phi) is 6.39. The van der Waals surface area contributed by atoms with E-state index in [9.17, 15) is 9.59 Å². The topological polar surface area (TPSA) is 82.1 Å². The van der Waals surface area contributed by atoms with Gasteiger partial charge >= 0.3 is 5.97 Å². The molecular weight excluding hydrogens is 324 g/mol. The Morgan fingerprint density at radius 1 is 1.00 bits per heavy atom. The first-order chi connectivity index (χ1) is 12.0. The standard InChI is InChI=1S/C19H20O6/c1-23-17-9-7-13(10-18(17)24-2)6-8-16(20)14-4-3-5-15(11-14)25-12-19(21)22/h3-5,7,9-11H,6,8,12H2,1-2H3,(H,21,22). The maximum Gasteiger partial charge on any atom is 0.341 e. The van der Waals surface area contributed by atoms with Gasteiger partial charge in [0.05, 0.1) is 14.2 Å². The minimum Gasteiger partial charge on any atom is -0.493 e. The van der Waals surface area contributed by atoms with Crippen LogP contribution in [0.1, 0.15) is 22.3 Å². The molecule has 0 amide bonds. The number of carbonyl (C=O) groups excluding carboxylic acids is 1. The molecule has 1 N–H and O–H groups in total. The van der Waals surface area contributed by atoms with Crippen molar-refractivity contribution < 1.29 is 28.9 Å². The van der Waals surface area contributed by atoms with Gasteiger partial charge < -0.3 is 19.3 Å². The highest BCUT2D eigenvalue weighted by Crippen LogP contribution is 2.28. The second-order valence-corrected chi connectivity index (χ2v) is 5.32. The van der Waals surface area contributed by atoms with E-state index in [0.29, 0.717) is 35.7 Å². The number of benzene rings is 2. The molecule has 0 aliphatic rings. The van der Waals surface area contributed by atoms with Crippen LogP contribution in [0.25, 0.3) is 0 Å². The molecule has 0 aliphatic heterocycles. The van der Waals surface area contributed by atoms with Crippen molar-refractivity contribution in [1.29, 1.82) is 0 Å². The highest BCUT2D eigenvalue weighted by molar-refractivity contribution is 5.96. The average molecular weight is 344 g/mol. The molecule has 2 aromatic rings. The Morgan fingerprint density at radius 2 is 1.76 bits per heavy atom. The van der Waals surface area contributed by atoms with Crippen LogP contribution in [0.3, 0.4) is 0 Å². The highest BCUT2D eigenvalue weighted by Gasteiger charge is 2.10. The molecule has 0 bridgehead atoms. The van der Waals surface area contributed by atoms with Crippen molar-refractivity contribution in [1.82, 2.24) is 0 Å². The van der Waals surface area contributed by atoms with Gasteiger partial charge in [-0.1, -0.05) is 18.2 Å². The number of hydrogen-bond donors (Lipinski definition) is 1. The van der Waals surface area contributed by atoms with Crippen molar-refractivity contribution in [3.8, 4) is 17.2 Å². The summed E-state index contributed by atoms with van der Waals surface area (Å²) in [5.41, 5.74) is 1.45. The van der Waals surface area contributed by atoms with Gasteiger partial charge in [-0.05, 0) is 36.2 Å². The fourth-order valence-corrected chi connectivity index (χ4v) is 2.34. The van der Waals surface area contributed by atoms with Crippen LogP contribution in [-0.2, 0) is 11.2 Å². The summed E-state index contributed by atoms with van der Waals surface area (Å²) in [6.07, 6.45) is 0.872. The van der Waals surface area contributed by atoms with Crippen molar-refractivity contribution >= 4 is 11.8 Å². The van der Waals surface area contributed by atoms with Crippen LogP contribution >= 0.6 is 0 Å². The average Bonchev–Trinajstić information content (AvgIpc) is 2.64. The smallest absolute Gasteiger partial charge is 0.341 e. The molecule has 0 fully saturated rings. The van der Waals surface area contributed by atoms with Gasteiger partial charge in [-0.3, -0.25) is 4.79 Å². The summed E-state index contributed by atoms with van der Waals surface area (Å²) in [5, 5.41) is 8.63. The van der Waals surface area contributed by atoms with Gasteiger partial charge in [0, 0.05) is 12.0 Å². The molecule has 0 saturated carbocycles. The lowest BCUT2D eigenvalue weighted by molar-refractivity contribution is -0.139. The normalized spacial score (nSPS) is 10.2. The number of carboxylic acid groups (broad SMARTS) is 1. The van der Waals surface area contributed by atoms with E-state index in [1.807, 2.05) is 12.1 Å². The van der Waals surface area contributed by atoms with Gasteiger partial charge in [0.1, 0.15) is 5.75 Å². The quantitative estimate of drug-likeness (QED) is 0.704. The van der Waals surface area contributed by atoms with E-state index in [2.05, 4.69) is 0 Å². The lowest BCUT2D eigenvalue weighted by Crippen LogP contribution is -2.10. The molecular formula is C19H20O6. The molecule has 0 spiro atoms. The monoisotopic (exact) mass is 344 g/mol. The summed E-state index contributed by atoms with van der Waals surface area (Å²) >= 11 is 0. The zero-order chi connectivity index (χ0) is 18.2. The summed E-state index contributed by atoms with van der Waals surface area (Å²) < 4.78 is 15.5. The zero-order valence-electron chi connectivity index (χ0n) is 14.2. The number of methoxy groups -OCH3 is 2. The van der Waals surface area contributed by atoms with Crippen molar-refractivity contribution in [3.05, 3.63) is 53.6 Å². The Balaban J connectivity index is 2.00. The van der Waals surface area contributed by atoms with Gasteiger partial charge in [0.15, 0.2) is 23.9 Å². The minimum absolute atomic E-state index is 0.0458. The lowest BCUT2D eigenvalue weighted by atomic mass is 10.0. The third kappa shape index (κ3) is 5.24. The van der Waals surface area contributed by atoms with Crippen LogP contribution in [0, 0.1) is 0 Å². The zero-order valence-corrected chi connectivity index (χ0v) is 14.2. The summed E-state index contributed by atoms with van der Waals surface area (Å²) in [6, 6.07) is 12.1. The molecule has 0 aliphatic carbocycles. The second-order valence-electron chi connectivity index (χ2n) is 5.32. The molecule has 132 valence electrons. The number of hydrogen-bond acceptors (Lipinski definition) is 5. The fraction of sp³-hybridized carbons (Fsp3) is 0.263. The van der Waals surface area contributed by atoms with Gasteiger partial charge in [-0.15, -0.1) is 0 Å². The van der Waals surface area contributed by atoms with E-state index in [0.717, 1.165) is 5.56 Å². The Labute approximate surface area is 146 Å². The lowest BCUT2D eigenvalue weighted by Gasteiger charge is -2.09. The number of aryl methyl sites for hydroxylation is 1. The molecule has 0 aromatic heterocycles. The number of aliphatic carboxylic acids is 1. The number of carbonyl (C=O) groups is 2. The Morgan fingerprint density at radius 3 is 2.44 bits per heavy atom. The van der Waals surface area contributed by atoms with E-state index in [4.69, 9.17) is 19.3 Å². The van der Waals surface area contributed by atoms with Crippen molar-refractivity contribution in [3.63, 3.8) is 0 Å². The summed E-state index contributed by atoms with van der Waals surface area (Å²) in [7, 11) is 3.13. The van der Waals surface area contributed by atoms with Crippen LogP contribution in [0.15, 0.2) is 42.5 Å². The summed E-state index contributed by atoms with van der Waals surface area (Å²) in [5.74, 6) is 0.512. The van der Waals surface area contributed by atoms with Gasteiger partial charge in [0.25, 0.3) is 0 Å². The largest absolute Gasteiger partial charge is 0.493 e. The predicted octanol–water partition coefficient (Wildman–Crippen LogP) is 2.98. The van der Waals surface area contributed by atoms with Gasteiger partial charge in [-0.2, -0.15) is 0 Å². The van der Waals surface area contributed by atoms with Crippen LogP contribution in [0.2, 0.25) is 0 Å². The molecule has 6 nitrogen and oxygen atoms in total. The van der Waals surface area contributed by atoms with Crippen LogP contribution in [0.4, 0.5) is 0 Å². The number of Topliss-reactive ketones (excluding diaryl/α,β-unsaturated/α-hetero) is 1. The molecule has 6 heteroatoms. The third-order valence-electron chi connectivity index (χ3n) is 3.61. The molecule has 25 heavy (non-hydrogen) atoms. The van der Waals surface area contributed by atoms with E-state index in [1.165, 1.54) is 0 Å². The Hall–Kier alpha value is -3.02. The summed E-state index contributed by atoms with van der Waals surface area (Å²) in [6.45, 7) is -0.441. The molecule has 0 heterocycles. The van der Waals surface area contributed by atoms with E-state index in [-0.39, 0.29) is 5.78 Å². The fourth-order valence-electron chi connectivity index (χ4n) is 2.34. The molecule has 0 unspecified atom stereocenters. The number of ketones is 1. The van der Waals surface area contributed by atoms with Gasteiger partial charge in [-0.25, -0.2) is 4.79 Å². The highest BCUT2D eigenvalue weighted by atomic mass is 16.5. The first kappa shape index (κ1) is 18.3.